The number of thiazole rings is 1. The fourth-order valence-electron chi connectivity index (χ4n) is 1.71. The largest absolute Gasteiger partial charge is 0.308 e. The smallest absolute Gasteiger partial charge is 0.0998 e. The van der Waals surface area contributed by atoms with Crippen molar-refractivity contribution >= 4 is 11.3 Å². The Morgan fingerprint density at radius 3 is 2.82 bits per heavy atom. The van der Waals surface area contributed by atoms with Crippen LogP contribution >= 0.6 is 11.3 Å². The Morgan fingerprint density at radius 1 is 1.47 bits per heavy atom. The quantitative estimate of drug-likeness (QED) is 0.850. The molecule has 2 aromatic heterocycles. The number of rotatable bonds is 5. The average Bonchev–Trinajstić information content (AvgIpc) is 2.89. The van der Waals surface area contributed by atoms with Crippen LogP contribution in [0.25, 0.3) is 0 Å². The lowest BCUT2D eigenvalue weighted by Gasteiger charge is -2.13. The summed E-state index contributed by atoms with van der Waals surface area (Å²) < 4.78 is 0. The predicted molar refractivity (Wildman–Crippen MR) is 68.1 cm³/mol. The van der Waals surface area contributed by atoms with Gasteiger partial charge in [0.15, 0.2) is 0 Å². The van der Waals surface area contributed by atoms with Crippen molar-refractivity contribution in [1.29, 1.82) is 0 Å². The molecule has 0 aliphatic heterocycles. The van der Waals surface area contributed by atoms with Crippen molar-refractivity contribution in [2.45, 2.75) is 33.2 Å². The molecule has 6 heteroatoms. The van der Waals surface area contributed by atoms with E-state index in [-0.39, 0.29) is 6.04 Å². The minimum atomic E-state index is 0.184. The lowest BCUT2D eigenvalue weighted by molar-refractivity contribution is 0.534. The summed E-state index contributed by atoms with van der Waals surface area (Å²) in [4.78, 5) is 5.85. The van der Waals surface area contributed by atoms with Gasteiger partial charge in [0.2, 0.25) is 0 Å². The van der Waals surface area contributed by atoms with Crippen LogP contribution < -0.4 is 5.32 Å². The third-order valence-corrected chi connectivity index (χ3v) is 3.79. The van der Waals surface area contributed by atoms with Crippen LogP contribution in [0.2, 0.25) is 0 Å². The van der Waals surface area contributed by atoms with Crippen LogP contribution in [0.3, 0.4) is 0 Å². The lowest BCUT2D eigenvalue weighted by Crippen LogP contribution is -2.23. The van der Waals surface area contributed by atoms with Gasteiger partial charge >= 0.3 is 0 Å². The first-order valence-corrected chi connectivity index (χ1v) is 6.54. The van der Waals surface area contributed by atoms with Crippen LogP contribution in [0.15, 0.2) is 6.20 Å². The van der Waals surface area contributed by atoms with Gasteiger partial charge < -0.3 is 5.32 Å². The standard InChI is InChI=1S/C11H17N5S/c1-4-12-9(10-6-13-16-15-10)5-11-14-7(2)8(3)17-11/h6,9,12H,4-5H2,1-3H3,(H,13,15,16). The van der Waals surface area contributed by atoms with Crippen LogP contribution in [0.1, 0.15) is 34.2 Å². The molecule has 0 aromatic carbocycles. The van der Waals surface area contributed by atoms with E-state index in [0.29, 0.717) is 0 Å². The maximum absolute atomic E-state index is 4.56. The first-order valence-electron chi connectivity index (χ1n) is 5.72. The molecule has 0 fully saturated rings. The molecular formula is C11H17N5S. The molecule has 0 saturated carbocycles. The molecule has 5 nitrogen and oxygen atoms in total. The van der Waals surface area contributed by atoms with E-state index >= 15 is 0 Å². The van der Waals surface area contributed by atoms with E-state index in [2.05, 4.69) is 39.6 Å². The van der Waals surface area contributed by atoms with Gasteiger partial charge in [0.25, 0.3) is 0 Å². The summed E-state index contributed by atoms with van der Waals surface area (Å²) in [6.45, 7) is 7.15. The summed E-state index contributed by atoms with van der Waals surface area (Å²) in [5, 5.41) is 15.2. The maximum Gasteiger partial charge on any atom is 0.0998 e. The Bertz CT molecular complexity index is 443. The van der Waals surface area contributed by atoms with Gasteiger partial charge in [-0.05, 0) is 20.4 Å². The zero-order valence-corrected chi connectivity index (χ0v) is 11.1. The molecule has 0 radical (unpaired) electrons. The van der Waals surface area contributed by atoms with Gasteiger partial charge in [-0.1, -0.05) is 6.92 Å². The second kappa shape index (κ2) is 5.37. The summed E-state index contributed by atoms with van der Waals surface area (Å²) >= 11 is 1.76. The van der Waals surface area contributed by atoms with E-state index in [1.54, 1.807) is 17.5 Å². The highest BCUT2D eigenvalue weighted by Gasteiger charge is 2.16. The lowest BCUT2D eigenvalue weighted by atomic mass is 10.1. The molecule has 0 amide bonds. The summed E-state index contributed by atoms with van der Waals surface area (Å²) in [6, 6.07) is 0.184. The van der Waals surface area contributed by atoms with Crippen molar-refractivity contribution in [3.63, 3.8) is 0 Å². The van der Waals surface area contributed by atoms with Crippen LogP contribution in [-0.4, -0.2) is 26.9 Å². The predicted octanol–water partition coefficient (Wildman–Crippen LogP) is 1.77. The fraction of sp³-hybridized carbons (Fsp3) is 0.545. The number of aromatic nitrogens is 4. The Labute approximate surface area is 105 Å². The van der Waals surface area contributed by atoms with Crippen molar-refractivity contribution < 1.29 is 0 Å². The molecule has 2 N–H and O–H groups in total. The normalized spacial score (nSPS) is 12.9. The third-order valence-electron chi connectivity index (χ3n) is 2.69. The van der Waals surface area contributed by atoms with E-state index in [0.717, 1.165) is 29.4 Å². The molecule has 2 aromatic rings. The molecule has 2 heterocycles. The summed E-state index contributed by atoms with van der Waals surface area (Å²) in [6.07, 6.45) is 2.63. The van der Waals surface area contributed by atoms with Gasteiger partial charge in [-0.15, -0.1) is 11.3 Å². The molecule has 92 valence electrons. The second-order valence-electron chi connectivity index (χ2n) is 3.96. The van der Waals surface area contributed by atoms with Crippen molar-refractivity contribution in [2.75, 3.05) is 6.54 Å². The van der Waals surface area contributed by atoms with E-state index in [4.69, 9.17) is 0 Å². The molecule has 0 aliphatic carbocycles. The Hall–Kier alpha value is -1.27. The highest BCUT2D eigenvalue weighted by Crippen LogP contribution is 2.22. The molecule has 17 heavy (non-hydrogen) atoms. The van der Waals surface area contributed by atoms with E-state index < -0.39 is 0 Å². The number of likely N-dealkylation sites (N-methyl/N-ethyl adjacent to an activating group) is 1. The number of hydrogen-bond donors (Lipinski definition) is 2. The Morgan fingerprint density at radius 2 is 2.29 bits per heavy atom. The first kappa shape index (κ1) is 12.2. The van der Waals surface area contributed by atoms with Gasteiger partial charge in [0, 0.05) is 11.3 Å². The van der Waals surface area contributed by atoms with Crippen molar-refractivity contribution in [3.05, 3.63) is 27.5 Å². The number of H-pyrrole nitrogens is 1. The summed E-state index contributed by atoms with van der Waals surface area (Å²) in [7, 11) is 0. The number of aryl methyl sites for hydroxylation is 2. The molecule has 2 rings (SSSR count). The summed E-state index contributed by atoms with van der Waals surface area (Å²) in [5.74, 6) is 0. The molecule has 1 unspecified atom stereocenters. The number of nitrogens with zero attached hydrogens (tertiary/aromatic N) is 3. The monoisotopic (exact) mass is 251 g/mol. The first-order chi connectivity index (χ1) is 8.20. The Kier molecular flexibility index (Phi) is 3.86. The van der Waals surface area contributed by atoms with Crippen molar-refractivity contribution in [1.82, 2.24) is 25.7 Å². The zero-order chi connectivity index (χ0) is 12.3. The van der Waals surface area contributed by atoms with Gasteiger partial charge in [-0.3, -0.25) is 0 Å². The molecule has 0 aliphatic rings. The highest BCUT2D eigenvalue weighted by molar-refractivity contribution is 7.11. The minimum absolute atomic E-state index is 0.184. The molecular weight excluding hydrogens is 234 g/mol. The molecule has 1 atom stereocenters. The maximum atomic E-state index is 4.56. The SMILES string of the molecule is CCNC(Cc1nc(C)c(C)s1)c1cn[nH]n1. The fourth-order valence-corrected chi connectivity index (χ4v) is 2.69. The van der Waals surface area contributed by atoms with Crippen molar-refractivity contribution in [3.8, 4) is 0 Å². The Balaban J connectivity index is 2.13. The summed E-state index contributed by atoms with van der Waals surface area (Å²) in [5.41, 5.74) is 2.07. The topological polar surface area (TPSA) is 66.5 Å². The van der Waals surface area contributed by atoms with Gasteiger partial charge in [0.1, 0.15) is 0 Å². The van der Waals surface area contributed by atoms with E-state index in [1.165, 1.54) is 4.88 Å². The number of aromatic amines is 1. The minimum Gasteiger partial charge on any atom is -0.308 e. The van der Waals surface area contributed by atoms with Crippen LogP contribution in [0, 0.1) is 13.8 Å². The van der Waals surface area contributed by atoms with Gasteiger partial charge in [0.05, 0.1) is 28.6 Å². The molecule has 0 spiro atoms. The number of hydrogen-bond acceptors (Lipinski definition) is 5. The van der Waals surface area contributed by atoms with Crippen LogP contribution in [-0.2, 0) is 6.42 Å². The molecule has 0 bridgehead atoms. The van der Waals surface area contributed by atoms with E-state index in [1.807, 2.05) is 6.92 Å². The number of nitrogens with one attached hydrogen (secondary N) is 2. The molecule has 0 saturated heterocycles. The highest BCUT2D eigenvalue weighted by atomic mass is 32.1. The van der Waals surface area contributed by atoms with E-state index in [9.17, 15) is 0 Å². The van der Waals surface area contributed by atoms with Crippen LogP contribution in [0.4, 0.5) is 0 Å². The zero-order valence-electron chi connectivity index (χ0n) is 10.3. The average molecular weight is 251 g/mol. The van der Waals surface area contributed by atoms with Gasteiger partial charge in [-0.2, -0.15) is 15.4 Å². The third kappa shape index (κ3) is 2.89. The van der Waals surface area contributed by atoms with Crippen molar-refractivity contribution in [2.24, 2.45) is 0 Å². The van der Waals surface area contributed by atoms with Gasteiger partial charge in [-0.25, -0.2) is 4.98 Å². The van der Waals surface area contributed by atoms with Crippen LogP contribution in [0.5, 0.6) is 0 Å². The second-order valence-corrected chi connectivity index (χ2v) is 5.25.